The molecular weight excluding hydrogens is 617 g/mol. The van der Waals surface area contributed by atoms with Gasteiger partial charge in [0.25, 0.3) is 12.3 Å². The third kappa shape index (κ3) is 6.94. The number of likely N-dealkylation sites (tertiary alicyclic amines) is 1. The summed E-state index contributed by atoms with van der Waals surface area (Å²) >= 11 is 0. The van der Waals surface area contributed by atoms with E-state index >= 15 is 0 Å². The van der Waals surface area contributed by atoms with E-state index in [4.69, 9.17) is 5.73 Å². The Labute approximate surface area is 259 Å². The highest BCUT2D eigenvalue weighted by atomic mass is 19.4. The van der Waals surface area contributed by atoms with Crippen molar-refractivity contribution in [2.75, 3.05) is 18.4 Å². The number of hydrogen-bond acceptors (Lipinski definition) is 8. The zero-order chi connectivity index (χ0) is 33.3. The lowest BCUT2D eigenvalue weighted by molar-refractivity contribution is -0.141. The summed E-state index contributed by atoms with van der Waals surface area (Å²) in [6.07, 6.45) is -2.89. The standard InChI is InChI=1S/C29H32F5N9O3/c1-3-16-8-17(4-5-19(16)28(46)38-15(2)11-41-12-18(44)9-21(41)25(35)45)39-26-27-37-10-22(43(27)7-6-36-26)20-13-42(14-23(30)31)40-24(20)29(32,33)34/h4-8,10,13,15,18,21,23,44H,3,9,11-12,14H2,1-2H3,(H2,35,45)(H,36,39)(H,38,46)/t15-,18?,21?/m1/s1. The van der Waals surface area contributed by atoms with Crippen LogP contribution in [0.25, 0.3) is 16.9 Å². The average molecular weight is 650 g/mol. The fourth-order valence-electron chi connectivity index (χ4n) is 5.66. The van der Waals surface area contributed by atoms with Gasteiger partial charge in [-0.3, -0.25) is 23.6 Å². The van der Waals surface area contributed by atoms with Gasteiger partial charge in [-0.25, -0.2) is 18.7 Å². The highest BCUT2D eigenvalue weighted by Crippen LogP contribution is 2.37. The Kier molecular flexibility index (Phi) is 9.25. The van der Waals surface area contributed by atoms with Crippen LogP contribution in [0.15, 0.2) is 43.0 Å². The topological polar surface area (TPSA) is 156 Å². The lowest BCUT2D eigenvalue weighted by Gasteiger charge is -2.26. The lowest BCUT2D eigenvalue weighted by atomic mass is 10.0. The van der Waals surface area contributed by atoms with E-state index in [9.17, 15) is 36.6 Å². The third-order valence-corrected chi connectivity index (χ3v) is 7.65. The number of carbonyl (C=O) groups is 2. The fourth-order valence-corrected chi connectivity index (χ4v) is 5.66. The average Bonchev–Trinajstić information content (AvgIpc) is 3.69. The van der Waals surface area contributed by atoms with E-state index in [0.717, 1.165) is 6.20 Å². The predicted molar refractivity (Wildman–Crippen MR) is 156 cm³/mol. The van der Waals surface area contributed by atoms with Crippen LogP contribution in [0.5, 0.6) is 0 Å². The first-order valence-corrected chi connectivity index (χ1v) is 14.4. The molecule has 3 aromatic heterocycles. The molecule has 1 aliphatic heterocycles. The molecular formula is C29H32F5N9O3. The highest BCUT2D eigenvalue weighted by Gasteiger charge is 2.39. The van der Waals surface area contributed by atoms with E-state index in [2.05, 4.69) is 25.7 Å². The van der Waals surface area contributed by atoms with Gasteiger partial charge in [-0.15, -0.1) is 0 Å². The van der Waals surface area contributed by atoms with Crippen molar-refractivity contribution in [3.8, 4) is 11.3 Å². The van der Waals surface area contributed by atoms with Gasteiger partial charge >= 0.3 is 6.18 Å². The molecule has 0 spiro atoms. The summed E-state index contributed by atoms with van der Waals surface area (Å²) in [6.45, 7) is 3.25. The number of anilines is 2. The summed E-state index contributed by atoms with van der Waals surface area (Å²) in [7, 11) is 0. The highest BCUT2D eigenvalue weighted by molar-refractivity contribution is 5.96. The number of rotatable bonds is 11. The number of carbonyl (C=O) groups excluding carboxylic acids is 2. The number of amides is 2. The van der Waals surface area contributed by atoms with Crippen molar-refractivity contribution in [1.29, 1.82) is 0 Å². The number of fused-ring (bicyclic) bond motifs is 1. The van der Waals surface area contributed by atoms with Crippen LogP contribution in [0.2, 0.25) is 0 Å². The number of hydrogen-bond donors (Lipinski definition) is 4. The number of nitrogens with one attached hydrogen (secondary N) is 2. The molecule has 1 aliphatic rings. The van der Waals surface area contributed by atoms with E-state index in [1.54, 1.807) is 30.0 Å². The fraction of sp³-hybridized carbons (Fsp3) is 0.414. The number of primary amides is 1. The van der Waals surface area contributed by atoms with Crippen molar-refractivity contribution >= 4 is 29.0 Å². The minimum absolute atomic E-state index is 0.0192. The van der Waals surface area contributed by atoms with Gasteiger partial charge in [-0.2, -0.15) is 18.3 Å². The molecule has 46 heavy (non-hydrogen) atoms. The molecule has 2 unspecified atom stereocenters. The largest absolute Gasteiger partial charge is 0.435 e. The Morgan fingerprint density at radius 3 is 2.63 bits per heavy atom. The molecule has 1 fully saturated rings. The second kappa shape index (κ2) is 13.0. The van der Waals surface area contributed by atoms with Gasteiger partial charge in [0.1, 0.15) is 6.54 Å². The number of benzene rings is 1. The van der Waals surface area contributed by atoms with E-state index in [-0.39, 0.29) is 42.1 Å². The van der Waals surface area contributed by atoms with Crippen LogP contribution >= 0.6 is 0 Å². The molecule has 4 heterocycles. The van der Waals surface area contributed by atoms with Crippen LogP contribution in [0.3, 0.4) is 0 Å². The van der Waals surface area contributed by atoms with Crippen LogP contribution in [0.4, 0.5) is 33.5 Å². The molecule has 0 aliphatic carbocycles. The Morgan fingerprint density at radius 2 is 1.96 bits per heavy atom. The maximum Gasteiger partial charge on any atom is 0.435 e. The molecule has 0 saturated carbocycles. The lowest BCUT2D eigenvalue weighted by Crippen LogP contribution is -2.47. The first-order valence-electron chi connectivity index (χ1n) is 14.4. The maximum atomic E-state index is 13.8. The zero-order valence-electron chi connectivity index (χ0n) is 24.8. The molecule has 5 N–H and O–H groups in total. The summed E-state index contributed by atoms with van der Waals surface area (Å²) < 4.78 is 69.0. The molecule has 2 amide bonds. The molecule has 0 radical (unpaired) electrons. The van der Waals surface area contributed by atoms with E-state index in [0.29, 0.717) is 34.5 Å². The number of aryl methyl sites for hydroxylation is 1. The van der Waals surface area contributed by atoms with Gasteiger partial charge in [-0.05, 0) is 43.5 Å². The first-order chi connectivity index (χ1) is 21.7. The normalized spacial score (nSPS) is 17.9. The molecule has 5 rings (SSSR count). The number of aliphatic hydroxyl groups is 1. The van der Waals surface area contributed by atoms with Crippen molar-refractivity contribution < 1.29 is 36.6 Å². The predicted octanol–water partition coefficient (Wildman–Crippen LogP) is 3.22. The van der Waals surface area contributed by atoms with Crippen LogP contribution in [0.1, 0.15) is 41.9 Å². The molecule has 4 aromatic rings. The van der Waals surface area contributed by atoms with Gasteiger partial charge in [-0.1, -0.05) is 6.92 Å². The van der Waals surface area contributed by atoms with Gasteiger partial charge in [0, 0.05) is 49.0 Å². The van der Waals surface area contributed by atoms with E-state index in [1.165, 1.54) is 23.0 Å². The van der Waals surface area contributed by atoms with E-state index in [1.807, 2.05) is 6.92 Å². The molecule has 17 heteroatoms. The number of alkyl halides is 5. The Morgan fingerprint density at radius 1 is 1.20 bits per heavy atom. The van der Waals surface area contributed by atoms with Crippen molar-refractivity contribution in [2.45, 2.75) is 64.0 Å². The number of aromatic nitrogens is 5. The number of aliphatic hydroxyl groups excluding tert-OH is 1. The summed E-state index contributed by atoms with van der Waals surface area (Å²) in [4.78, 5) is 35.2. The van der Waals surface area contributed by atoms with Crippen molar-refractivity contribution in [1.82, 2.24) is 34.4 Å². The Hall–Kier alpha value is -4.64. The monoisotopic (exact) mass is 649 g/mol. The van der Waals surface area contributed by atoms with Crippen LogP contribution in [-0.4, -0.2) is 83.7 Å². The molecule has 0 bridgehead atoms. The number of halogens is 5. The molecule has 1 aromatic carbocycles. The minimum atomic E-state index is -4.90. The van der Waals surface area contributed by atoms with Crippen molar-refractivity contribution in [3.05, 3.63) is 59.8 Å². The number of imidazole rings is 1. The van der Waals surface area contributed by atoms with Gasteiger partial charge in [0.2, 0.25) is 5.91 Å². The summed E-state index contributed by atoms with van der Waals surface area (Å²) in [5.41, 5.74) is 5.52. The van der Waals surface area contributed by atoms with E-state index < -0.39 is 48.5 Å². The summed E-state index contributed by atoms with van der Waals surface area (Å²) in [6, 6.07) is 4.04. The van der Waals surface area contributed by atoms with Crippen molar-refractivity contribution in [3.63, 3.8) is 0 Å². The summed E-state index contributed by atoms with van der Waals surface area (Å²) in [5, 5.41) is 19.3. The van der Waals surface area contributed by atoms with Gasteiger partial charge < -0.3 is 21.5 Å². The Bertz CT molecular complexity index is 1740. The number of nitrogens with zero attached hydrogens (tertiary/aromatic N) is 6. The first kappa shape index (κ1) is 32.7. The Balaban J connectivity index is 1.35. The SMILES string of the molecule is CCc1cc(Nc2nccn3c(-c4cn(CC(F)F)nc4C(F)(F)F)cnc23)ccc1C(=O)N[C@H](C)CN1CC(O)CC1C(N)=O. The smallest absolute Gasteiger partial charge is 0.392 e. The van der Waals surface area contributed by atoms with Gasteiger partial charge in [0.05, 0.1) is 29.6 Å². The molecule has 12 nitrogen and oxygen atoms in total. The van der Waals surface area contributed by atoms with Crippen LogP contribution in [0, 0.1) is 0 Å². The number of β-amino-alcohol motifs (C(OH)–C–C–N with tert-alkyl or cyclic N) is 1. The summed E-state index contributed by atoms with van der Waals surface area (Å²) in [5.74, 6) is -0.667. The minimum Gasteiger partial charge on any atom is -0.392 e. The van der Waals surface area contributed by atoms with Gasteiger partial charge in [0.15, 0.2) is 17.2 Å². The second-order valence-electron chi connectivity index (χ2n) is 11.1. The quantitative estimate of drug-likeness (QED) is 0.181. The van der Waals surface area contributed by atoms with Crippen LogP contribution < -0.4 is 16.4 Å². The molecule has 1 saturated heterocycles. The van der Waals surface area contributed by atoms with Crippen LogP contribution in [-0.2, 0) is 23.9 Å². The maximum absolute atomic E-state index is 13.8. The third-order valence-electron chi connectivity index (χ3n) is 7.65. The van der Waals surface area contributed by atoms with Crippen molar-refractivity contribution in [2.24, 2.45) is 5.73 Å². The molecule has 246 valence electrons. The zero-order valence-corrected chi connectivity index (χ0v) is 24.8. The number of nitrogens with two attached hydrogens (primary N) is 1. The second-order valence-corrected chi connectivity index (χ2v) is 11.1. The molecule has 3 atom stereocenters.